The topological polar surface area (TPSA) is 53.6 Å². The molecule has 0 aromatic heterocycles. The van der Waals surface area contributed by atoms with Crippen molar-refractivity contribution < 1.29 is 9.53 Å². The maximum Gasteiger partial charge on any atom is 0.315 e. The molecule has 3 rings (SSSR count). The lowest BCUT2D eigenvalue weighted by atomic mass is 10.1. The number of hydrogen-bond donors (Lipinski definition) is 2. The molecule has 5 nitrogen and oxygen atoms in total. The molecule has 0 radical (unpaired) electrons. The van der Waals surface area contributed by atoms with E-state index in [1.807, 2.05) is 31.2 Å². The first-order valence-electron chi connectivity index (χ1n) is 9.28. The van der Waals surface area contributed by atoms with E-state index < -0.39 is 0 Å². The smallest absolute Gasteiger partial charge is 0.315 e. The molecule has 1 fully saturated rings. The van der Waals surface area contributed by atoms with Gasteiger partial charge >= 0.3 is 6.03 Å². The van der Waals surface area contributed by atoms with Crippen molar-refractivity contribution in [2.24, 2.45) is 0 Å². The van der Waals surface area contributed by atoms with E-state index in [0.717, 1.165) is 44.0 Å². The highest BCUT2D eigenvalue weighted by Gasteiger charge is 2.11. The number of benzene rings is 2. The van der Waals surface area contributed by atoms with Gasteiger partial charge in [-0.25, -0.2) is 4.79 Å². The zero-order chi connectivity index (χ0) is 19.1. The summed E-state index contributed by atoms with van der Waals surface area (Å²) in [5, 5.41) is 6.50. The molecule has 0 spiro atoms. The predicted molar refractivity (Wildman–Crippen MR) is 108 cm³/mol. The van der Waals surface area contributed by atoms with Gasteiger partial charge in [-0.05, 0) is 35.7 Å². The summed E-state index contributed by atoms with van der Waals surface area (Å²) in [6.45, 7) is 6.95. The van der Waals surface area contributed by atoms with E-state index in [1.54, 1.807) is 0 Å². The van der Waals surface area contributed by atoms with E-state index in [9.17, 15) is 4.79 Å². The van der Waals surface area contributed by atoms with Crippen LogP contribution in [0.15, 0.2) is 48.5 Å². The van der Waals surface area contributed by atoms with Gasteiger partial charge in [-0.3, -0.25) is 4.90 Å². The molecule has 1 unspecified atom stereocenters. The van der Waals surface area contributed by atoms with Crippen LogP contribution < -0.4 is 10.6 Å². The van der Waals surface area contributed by atoms with Crippen LogP contribution in [0.1, 0.15) is 29.7 Å². The van der Waals surface area contributed by atoms with E-state index in [1.165, 1.54) is 5.56 Å². The molecule has 2 aromatic rings. The third-order valence-electron chi connectivity index (χ3n) is 4.68. The standard InChI is InChI=1S/C21H26ClN3O2/c1-16(19-3-2-4-20(22)13-19)24-21(26)23-14-17-5-7-18(8-6-17)15-25-9-11-27-12-10-25/h2-8,13,16H,9-12,14-15H2,1H3,(H2,23,24,26). The first-order valence-corrected chi connectivity index (χ1v) is 9.66. The predicted octanol–water partition coefficient (Wildman–Crippen LogP) is 3.73. The van der Waals surface area contributed by atoms with Gasteiger partial charge in [0.05, 0.1) is 19.3 Å². The molecule has 144 valence electrons. The minimum atomic E-state index is -0.195. The zero-order valence-corrected chi connectivity index (χ0v) is 16.3. The van der Waals surface area contributed by atoms with E-state index in [4.69, 9.17) is 16.3 Å². The number of carbonyl (C=O) groups excluding carboxylic acids is 1. The van der Waals surface area contributed by atoms with Crippen molar-refractivity contribution >= 4 is 17.6 Å². The van der Waals surface area contributed by atoms with Gasteiger partial charge in [-0.1, -0.05) is 48.0 Å². The fourth-order valence-corrected chi connectivity index (χ4v) is 3.27. The zero-order valence-electron chi connectivity index (χ0n) is 15.6. The molecule has 0 aliphatic carbocycles. The van der Waals surface area contributed by atoms with E-state index in [2.05, 4.69) is 39.8 Å². The SMILES string of the molecule is CC(NC(=O)NCc1ccc(CN2CCOCC2)cc1)c1cccc(Cl)c1. The Morgan fingerprint density at radius 2 is 1.85 bits per heavy atom. The second kappa shape index (κ2) is 9.74. The first kappa shape index (κ1) is 19.7. The second-order valence-corrected chi connectivity index (χ2v) is 7.25. The maximum absolute atomic E-state index is 12.1. The van der Waals surface area contributed by atoms with Crippen molar-refractivity contribution in [3.63, 3.8) is 0 Å². The lowest BCUT2D eigenvalue weighted by molar-refractivity contribution is 0.0342. The Morgan fingerprint density at radius 3 is 2.56 bits per heavy atom. The minimum Gasteiger partial charge on any atom is -0.379 e. The molecular formula is C21H26ClN3O2. The van der Waals surface area contributed by atoms with Crippen molar-refractivity contribution in [3.8, 4) is 0 Å². The molecule has 1 aliphatic rings. The summed E-state index contributed by atoms with van der Waals surface area (Å²) in [6, 6.07) is 15.6. The fourth-order valence-electron chi connectivity index (χ4n) is 3.07. The molecule has 0 bridgehead atoms. The van der Waals surface area contributed by atoms with Crippen LogP contribution in [0.2, 0.25) is 5.02 Å². The molecule has 1 heterocycles. The van der Waals surface area contributed by atoms with Gasteiger partial charge in [0.2, 0.25) is 0 Å². The molecule has 2 amide bonds. The van der Waals surface area contributed by atoms with Gasteiger partial charge < -0.3 is 15.4 Å². The average molecular weight is 388 g/mol. The number of ether oxygens (including phenoxy) is 1. The van der Waals surface area contributed by atoms with Crippen LogP contribution in [0.4, 0.5) is 4.79 Å². The molecule has 2 N–H and O–H groups in total. The summed E-state index contributed by atoms with van der Waals surface area (Å²) >= 11 is 6.00. The Labute approximate surface area is 165 Å². The van der Waals surface area contributed by atoms with Crippen molar-refractivity contribution in [1.29, 1.82) is 0 Å². The van der Waals surface area contributed by atoms with Crippen LogP contribution in [-0.2, 0) is 17.8 Å². The van der Waals surface area contributed by atoms with Gasteiger partial charge in [0.15, 0.2) is 0 Å². The minimum absolute atomic E-state index is 0.111. The quantitative estimate of drug-likeness (QED) is 0.794. The van der Waals surface area contributed by atoms with Crippen LogP contribution in [0, 0.1) is 0 Å². The van der Waals surface area contributed by atoms with Crippen LogP contribution in [-0.4, -0.2) is 37.2 Å². The molecule has 1 saturated heterocycles. The lowest BCUT2D eigenvalue weighted by Gasteiger charge is -2.26. The monoisotopic (exact) mass is 387 g/mol. The molecule has 6 heteroatoms. The average Bonchev–Trinajstić information content (AvgIpc) is 2.68. The highest BCUT2D eigenvalue weighted by atomic mass is 35.5. The highest BCUT2D eigenvalue weighted by molar-refractivity contribution is 6.30. The Morgan fingerprint density at radius 1 is 1.15 bits per heavy atom. The van der Waals surface area contributed by atoms with Crippen molar-refractivity contribution in [2.75, 3.05) is 26.3 Å². The van der Waals surface area contributed by atoms with Crippen LogP contribution >= 0.6 is 11.6 Å². The third kappa shape index (κ3) is 6.24. The Balaban J connectivity index is 1.44. The number of amides is 2. The van der Waals surface area contributed by atoms with Crippen LogP contribution in [0.25, 0.3) is 0 Å². The number of halogens is 1. The van der Waals surface area contributed by atoms with Gasteiger partial charge in [-0.15, -0.1) is 0 Å². The van der Waals surface area contributed by atoms with E-state index in [-0.39, 0.29) is 12.1 Å². The summed E-state index contributed by atoms with van der Waals surface area (Å²) in [7, 11) is 0. The summed E-state index contributed by atoms with van der Waals surface area (Å²) < 4.78 is 5.38. The molecule has 27 heavy (non-hydrogen) atoms. The van der Waals surface area contributed by atoms with E-state index >= 15 is 0 Å². The number of hydrogen-bond acceptors (Lipinski definition) is 3. The van der Waals surface area contributed by atoms with Crippen LogP contribution in [0.3, 0.4) is 0 Å². The third-order valence-corrected chi connectivity index (χ3v) is 4.92. The summed E-state index contributed by atoms with van der Waals surface area (Å²) in [5.41, 5.74) is 3.33. The molecular weight excluding hydrogens is 362 g/mol. The molecule has 1 atom stereocenters. The summed E-state index contributed by atoms with van der Waals surface area (Å²) in [5.74, 6) is 0. The molecule has 0 saturated carbocycles. The number of nitrogens with one attached hydrogen (secondary N) is 2. The largest absolute Gasteiger partial charge is 0.379 e. The van der Waals surface area contributed by atoms with Crippen molar-refractivity contribution in [2.45, 2.75) is 26.1 Å². The van der Waals surface area contributed by atoms with Gasteiger partial charge in [0.25, 0.3) is 0 Å². The molecule has 1 aliphatic heterocycles. The second-order valence-electron chi connectivity index (χ2n) is 6.81. The number of urea groups is 1. The molecule has 2 aromatic carbocycles. The fraction of sp³-hybridized carbons (Fsp3) is 0.381. The van der Waals surface area contributed by atoms with Gasteiger partial charge in [-0.2, -0.15) is 0 Å². The summed E-state index contributed by atoms with van der Waals surface area (Å²) in [6.07, 6.45) is 0. The normalized spacial score (nSPS) is 15.9. The van der Waals surface area contributed by atoms with Crippen molar-refractivity contribution in [1.82, 2.24) is 15.5 Å². The Hall–Kier alpha value is -2.08. The lowest BCUT2D eigenvalue weighted by Crippen LogP contribution is -2.36. The number of carbonyl (C=O) groups is 1. The number of morpholine rings is 1. The summed E-state index contributed by atoms with van der Waals surface area (Å²) in [4.78, 5) is 14.5. The van der Waals surface area contributed by atoms with Crippen molar-refractivity contribution in [3.05, 3.63) is 70.2 Å². The van der Waals surface area contributed by atoms with Crippen LogP contribution in [0.5, 0.6) is 0 Å². The van der Waals surface area contributed by atoms with E-state index in [0.29, 0.717) is 11.6 Å². The Bertz CT molecular complexity index is 745. The van der Waals surface area contributed by atoms with Gasteiger partial charge in [0.1, 0.15) is 0 Å². The maximum atomic E-state index is 12.1. The first-order chi connectivity index (χ1) is 13.1. The Kier molecular flexibility index (Phi) is 7.10. The number of nitrogens with zero attached hydrogens (tertiary/aromatic N) is 1. The highest BCUT2D eigenvalue weighted by Crippen LogP contribution is 2.17. The number of rotatable bonds is 6. The van der Waals surface area contributed by atoms with Gasteiger partial charge in [0, 0.05) is 31.2 Å².